The molecule has 0 saturated carbocycles. The number of carbonyl (C=O) groups is 1. The third-order valence-electron chi connectivity index (χ3n) is 2.69. The number of hydrogen-bond donors (Lipinski definition) is 0. The Hall–Kier alpha value is -1.81. The minimum absolute atomic E-state index is 0. The van der Waals surface area contributed by atoms with Crippen LogP contribution >= 0.6 is 0 Å². The third-order valence-corrected chi connectivity index (χ3v) is 2.69. The molecule has 0 aliphatic carbocycles. The summed E-state index contributed by atoms with van der Waals surface area (Å²) in [5.74, 6) is 0. The van der Waals surface area contributed by atoms with Crippen molar-refractivity contribution in [2.75, 3.05) is 0 Å². The van der Waals surface area contributed by atoms with E-state index in [0.717, 1.165) is 0 Å². The van der Waals surface area contributed by atoms with Gasteiger partial charge in [-0.05, 0) is 0 Å². The minimum atomic E-state index is 0. The smallest absolute Gasteiger partial charge is 0.671 e. The van der Waals surface area contributed by atoms with Gasteiger partial charge in [-0.2, -0.15) is 0 Å². The predicted molar refractivity (Wildman–Crippen MR) is 106 cm³/mol. The van der Waals surface area contributed by atoms with E-state index in [1.165, 1.54) is 21.5 Å². The molecule has 4 heteroatoms. The molecule has 0 fully saturated rings. The number of benzene rings is 2. The van der Waals surface area contributed by atoms with Crippen LogP contribution < -0.4 is 0 Å². The molecule has 3 aromatic carbocycles. The Morgan fingerprint density at radius 2 is 1.12 bits per heavy atom. The van der Waals surface area contributed by atoms with E-state index >= 15 is 0 Å². The van der Waals surface area contributed by atoms with Gasteiger partial charge in [0.1, 0.15) is 0 Å². The van der Waals surface area contributed by atoms with Crippen LogP contribution in [-0.2, 0) is 26.5 Å². The molecule has 0 heterocycles. The maximum Gasteiger partial charge on any atom is 4.00 e. The first-order chi connectivity index (χ1) is 9.78. The summed E-state index contributed by atoms with van der Waals surface area (Å²) in [7, 11) is 0. The van der Waals surface area contributed by atoms with Crippen LogP contribution in [0.2, 0.25) is 0 Å². The van der Waals surface area contributed by atoms with Crippen molar-refractivity contribution in [3.8, 4) is 0 Å². The molecule has 0 saturated heterocycles. The predicted octanol–water partition coefficient (Wildman–Crippen LogP) is 5.78. The summed E-state index contributed by atoms with van der Waals surface area (Å²) in [5, 5.41) is 5.39. The van der Waals surface area contributed by atoms with Crippen molar-refractivity contribution in [1.29, 1.82) is 0 Å². The zero-order valence-electron chi connectivity index (χ0n) is 14.3. The first-order valence-electron chi connectivity index (χ1n) is 6.16. The number of allylic oxidation sites excluding steroid dienone is 2. The summed E-state index contributed by atoms with van der Waals surface area (Å²) in [6.45, 7) is 6.72. The van der Waals surface area contributed by atoms with E-state index < -0.39 is 0 Å². The van der Waals surface area contributed by atoms with Gasteiger partial charge in [-0.25, -0.2) is 0 Å². The molecular weight excluding hydrogens is 346 g/mol. The van der Waals surface area contributed by atoms with Gasteiger partial charge in [-0.3, -0.25) is 0 Å². The first-order valence-corrected chi connectivity index (χ1v) is 6.16. The number of amides is 1. The molecule has 0 aliphatic heterocycles. The minimum Gasteiger partial charge on any atom is -0.671 e. The van der Waals surface area contributed by atoms with E-state index in [9.17, 15) is 0 Å². The fraction of sp³-hybridized carbons (Fsp3) is 0. The Kier molecular flexibility index (Phi) is 22.0. The van der Waals surface area contributed by atoms with Gasteiger partial charge in [0.15, 0.2) is 0 Å². The van der Waals surface area contributed by atoms with Crippen molar-refractivity contribution in [3.05, 3.63) is 100 Å². The van der Waals surface area contributed by atoms with Crippen molar-refractivity contribution in [1.82, 2.24) is 0 Å². The number of carbonyl (C=O) groups excluding carboxylic acids is 1. The Bertz CT molecular complexity index is 651. The largest absolute Gasteiger partial charge is 4.00 e. The number of nitrogens with one attached hydrogen (secondary N) is 1. The molecule has 0 atom stereocenters. The maximum atomic E-state index is 8.47. The van der Waals surface area contributed by atoms with Crippen LogP contribution in [0.25, 0.3) is 27.3 Å². The normalized spacial score (nSPS) is 7.33. The topological polar surface area (TPSA) is 40.9 Å². The van der Waals surface area contributed by atoms with Gasteiger partial charge < -0.3 is 25.4 Å². The Morgan fingerprint density at radius 3 is 1.42 bits per heavy atom. The van der Waals surface area contributed by atoms with E-state index in [-0.39, 0.29) is 53.9 Å². The quantitative estimate of drug-likeness (QED) is 0.232. The van der Waals surface area contributed by atoms with Crippen LogP contribution in [0.3, 0.4) is 0 Å². The van der Waals surface area contributed by atoms with E-state index in [1.807, 2.05) is 0 Å². The van der Waals surface area contributed by atoms with E-state index in [4.69, 9.17) is 10.5 Å². The third kappa shape index (κ3) is 8.73. The van der Waals surface area contributed by atoms with Gasteiger partial charge in [0.05, 0.1) is 0 Å². The molecule has 1 amide bonds. The Morgan fingerprint density at radius 1 is 0.833 bits per heavy atom. The van der Waals surface area contributed by atoms with Crippen molar-refractivity contribution in [2.45, 2.75) is 0 Å². The van der Waals surface area contributed by atoms with Crippen molar-refractivity contribution in [3.63, 3.8) is 0 Å². The number of fused-ring (bicyclic) bond motifs is 3. The summed E-state index contributed by atoms with van der Waals surface area (Å²) >= 11 is 0. The molecule has 122 valence electrons. The summed E-state index contributed by atoms with van der Waals surface area (Å²) in [6.07, 6.45) is 3.28. The van der Waals surface area contributed by atoms with Gasteiger partial charge in [0, 0.05) is 17.4 Å². The van der Waals surface area contributed by atoms with Crippen molar-refractivity contribution < 1.29 is 26.5 Å². The van der Waals surface area contributed by atoms with Gasteiger partial charge in [-0.1, -0.05) is 61.7 Å². The fourth-order valence-corrected chi connectivity index (χ4v) is 1.90. The SMILES string of the molecule is C=CC=C.[CH3-].[CH3-].[NH-]C=O.[Si].[Ti+4].c1ccc2c(c1)[cH-]c1ccccc12. The number of hydrogen-bond acceptors (Lipinski definition) is 1. The van der Waals surface area contributed by atoms with Crippen LogP contribution in [-0.4, -0.2) is 17.4 Å². The summed E-state index contributed by atoms with van der Waals surface area (Å²) < 4.78 is 0. The molecule has 2 nitrogen and oxygen atoms in total. The fourth-order valence-electron chi connectivity index (χ4n) is 1.90. The molecule has 4 radical (unpaired) electrons. The van der Waals surface area contributed by atoms with E-state index in [0.29, 0.717) is 0 Å². The second-order valence-corrected chi connectivity index (χ2v) is 3.91. The van der Waals surface area contributed by atoms with Gasteiger partial charge in [-0.15, -0.1) is 39.7 Å². The molecule has 0 spiro atoms. The van der Waals surface area contributed by atoms with Crippen LogP contribution in [0.4, 0.5) is 0 Å². The summed E-state index contributed by atoms with van der Waals surface area (Å²) in [4.78, 5) is 8.47. The van der Waals surface area contributed by atoms with Crippen LogP contribution in [0.15, 0.2) is 79.9 Å². The van der Waals surface area contributed by atoms with Gasteiger partial charge in [0.2, 0.25) is 0 Å². The van der Waals surface area contributed by atoms with E-state index in [1.54, 1.807) is 12.2 Å². The Labute approximate surface area is 165 Å². The molecule has 0 bridgehead atoms. The zero-order chi connectivity index (χ0) is 14.8. The standard InChI is InChI=1S/C13H9.C4H6.CH3NO.2CH3.Si.Ti/c1-3-7-12-10(5-1)9-11-6-2-4-8-13(11)12;1-3-4-2;2-1-3;;;;/h1-9H;3-4H,1-2H2;1H,(H2,2,3);2*1H3;;/q-1;;;2*-1;;+4/p-1. The second kappa shape index (κ2) is 17.5. The van der Waals surface area contributed by atoms with E-state index in [2.05, 4.69) is 67.8 Å². The van der Waals surface area contributed by atoms with Crippen LogP contribution in [0.1, 0.15) is 0 Å². The molecular formula is C20H23NOSiTi. The molecule has 1 N–H and O–H groups in total. The monoisotopic (exact) mass is 369 g/mol. The second-order valence-electron chi connectivity index (χ2n) is 3.91. The average Bonchev–Trinajstić information content (AvgIpc) is 2.87. The van der Waals surface area contributed by atoms with Crippen molar-refractivity contribution in [2.24, 2.45) is 0 Å². The number of rotatable bonds is 1. The zero-order valence-corrected chi connectivity index (χ0v) is 16.8. The molecule has 3 rings (SSSR count). The molecule has 0 unspecified atom stereocenters. The van der Waals surface area contributed by atoms with Crippen LogP contribution in [0.5, 0.6) is 0 Å². The maximum absolute atomic E-state index is 8.47. The molecule has 0 aliphatic rings. The molecule has 0 aromatic heterocycles. The molecule has 24 heavy (non-hydrogen) atoms. The average molecular weight is 369 g/mol. The summed E-state index contributed by atoms with van der Waals surface area (Å²) in [6, 6.07) is 19.3. The van der Waals surface area contributed by atoms with Crippen LogP contribution in [0, 0.1) is 14.9 Å². The van der Waals surface area contributed by atoms with Gasteiger partial charge in [0.25, 0.3) is 0 Å². The first kappa shape index (κ1) is 30.1. The van der Waals surface area contributed by atoms with Crippen molar-refractivity contribution >= 4 is 38.9 Å². The molecule has 3 aromatic rings. The van der Waals surface area contributed by atoms with Gasteiger partial charge >= 0.3 is 21.7 Å². The summed E-state index contributed by atoms with van der Waals surface area (Å²) in [5.41, 5.74) is 5.53. The Balaban J connectivity index is -0.000000161.